The maximum atomic E-state index is 12.8. The minimum atomic E-state index is -0.114. The minimum Gasteiger partial charge on any atom is -0.484 e. The number of hydrogen-bond acceptors (Lipinski definition) is 5. The molecular formula is C23H28N4O3. The molecule has 2 aromatic rings. The smallest absolute Gasteiger partial charge is 0.260 e. The van der Waals surface area contributed by atoms with Gasteiger partial charge >= 0.3 is 0 Å². The summed E-state index contributed by atoms with van der Waals surface area (Å²) in [5.41, 5.74) is 0.725. The molecule has 2 atom stereocenters. The number of carbonyl (C=O) groups is 2. The van der Waals surface area contributed by atoms with Crippen molar-refractivity contribution in [3.63, 3.8) is 0 Å². The highest BCUT2D eigenvalue weighted by Gasteiger charge is 2.40. The SMILES string of the molecule is CC(=O)Nc1cccnc1N1CCCC[C@@H]2CN(C(=O)COc3ccccc3)C[C@@H]21. The topological polar surface area (TPSA) is 74.8 Å². The largest absolute Gasteiger partial charge is 0.484 e. The monoisotopic (exact) mass is 408 g/mol. The van der Waals surface area contributed by atoms with Crippen LogP contribution < -0.4 is 15.0 Å². The van der Waals surface area contributed by atoms with E-state index in [-0.39, 0.29) is 24.5 Å². The second-order valence-electron chi connectivity index (χ2n) is 7.97. The van der Waals surface area contributed by atoms with E-state index < -0.39 is 0 Å². The fourth-order valence-electron chi connectivity index (χ4n) is 4.48. The van der Waals surface area contributed by atoms with Crippen molar-refractivity contribution in [2.24, 2.45) is 5.92 Å². The van der Waals surface area contributed by atoms with Gasteiger partial charge in [0.1, 0.15) is 5.75 Å². The molecular weight excluding hydrogens is 380 g/mol. The van der Waals surface area contributed by atoms with E-state index >= 15 is 0 Å². The van der Waals surface area contributed by atoms with Gasteiger partial charge in [-0.2, -0.15) is 0 Å². The molecule has 7 nitrogen and oxygen atoms in total. The molecule has 30 heavy (non-hydrogen) atoms. The number of carbonyl (C=O) groups excluding carboxylic acids is 2. The van der Waals surface area contributed by atoms with E-state index in [4.69, 9.17) is 4.74 Å². The Kier molecular flexibility index (Phi) is 6.16. The molecule has 0 radical (unpaired) electrons. The lowest BCUT2D eigenvalue weighted by molar-refractivity contribution is -0.132. The number of nitrogens with zero attached hydrogens (tertiary/aromatic N) is 3. The fraction of sp³-hybridized carbons (Fsp3) is 0.435. The molecule has 1 aromatic carbocycles. The lowest BCUT2D eigenvalue weighted by Gasteiger charge is -2.32. The van der Waals surface area contributed by atoms with E-state index in [0.717, 1.165) is 43.9 Å². The summed E-state index contributed by atoms with van der Waals surface area (Å²) in [6, 6.07) is 13.3. The standard InChI is InChI=1S/C23H28N4O3/c1-17(28)25-20-11-7-12-24-23(20)27-13-6-5-8-18-14-26(15-21(18)27)22(29)16-30-19-9-3-2-4-10-19/h2-4,7,9-12,18,21H,5-6,8,13-16H2,1H3,(H,25,28)/t18-,21+/m1/s1. The van der Waals surface area contributed by atoms with Crippen LogP contribution in [0.2, 0.25) is 0 Å². The van der Waals surface area contributed by atoms with Crippen LogP contribution in [0.1, 0.15) is 26.2 Å². The van der Waals surface area contributed by atoms with Gasteiger partial charge in [0, 0.05) is 32.8 Å². The first-order valence-electron chi connectivity index (χ1n) is 10.6. The molecule has 1 N–H and O–H groups in total. The summed E-state index contributed by atoms with van der Waals surface area (Å²) < 4.78 is 5.67. The van der Waals surface area contributed by atoms with Crippen molar-refractivity contribution in [3.8, 4) is 5.75 Å². The van der Waals surface area contributed by atoms with Gasteiger partial charge in [0.25, 0.3) is 5.91 Å². The number of hydrogen-bond donors (Lipinski definition) is 1. The van der Waals surface area contributed by atoms with E-state index in [9.17, 15) is 9.59 Å². The molecule has 2 aliphatic heterocycles. The molecule has 2 saturated heterocycles. The maximum Gasteiger partial charge on any atom is 0.260 e. The zero-order valence-electron chi connectivity index (χ0n) is 17.3. The van der Waals surface area contributed by atoms with Crippen LogP contribution >= 0.6 is 0 Å². The van der Waals surface area contributed by atoms with E-state index in [2.05, 4.69) is 15.2 Å². The van der Waals surface area contributed by atoms with Crippen LogP contribution in [0.4, 0.5) is 11.5 Å². The van der Waals surface area contributed by atoms with E-state index in [1.165, 1.54) is 6.92 Å². The van der Waals surface area contributed by atoms with E-state index in [0.29, 0.717) is 18.2 Å². The van der Waals surface area contributed by atoms with Gasteiger partial charge in [-0.15, -0.1) is 0 Å². The molecule has 7 heteroatoms. The zero-order valence-corrected chi connectivity index (χ0v) is 17.3. The Hall–Kier alpha value is -3.09. The van der Waals surface area contributed by atoms with Crippen LogP contribution in [0.15, 0.2) is 48.7 Å². The molecule has 2 fully saturated rings. The number of anilines is 2. The van der Waals surface area contributed by atoms with Gasteiger partial charge in [-0.1, -0.05) is 24.6 Å². The van der Waals surface area contributed by atoms with Gasteiger partial charge in [-0.25, -0.2) is 4.98 Å². The van der Waals surface area contributed by atoms with Gasteiger partial charge in [0.2, 0.25) is 5.91 Å². The number of aromatic nitrogens is 1. The molecule has 1 aromatic heterocycles. The van der Waals surface area contributed by atoms with Crippen molar-refractivity contribution >= 4 is 23.3 Å². The van der Waals surface area contributed by atoms with Crippen LogP contribution in [-0.2, 0) is 9.59 Å². The average molecular weight is 409 g/mol. The Labute approximate surface area is 177 Å². The normalized spacial score (nSPS) is 21.0. The number of ether oxygens (including phenoxy) is 1. The highest BCUT2D eigenvalue weighted by atomic mass is 16.5. The number of pyridine rings is 1. The molecule has 0 unspecified atom stereocenters. The summed E-state index contributed by atoms with van der Waals surface area (Å²) in [5, 5.41) is 2.90. The number of benzene rings is 1. The fourth-order valence-corrected chi connectivity index (χ4v) is 4.48. The van der Waals surface area contributed by atoms with Crippen LogP contribution in [-0.4, -0.2) is 54.0 Å². The van der Waals surface area contributed by atoms with Crippen molar-refractivity contribution < 1.29 is 14.3 Å². The van der Waals surface area contributed by atoms with Crippen LogP contribution in [0.3, 0.4) is 0 Å². The molecule has 158 valence electrons. The Bertz CT molecular complexity index is 889. The second kappa shape index (κ2) is 9.15. The van der Waals surface area contributed by atoms with Crippen LogP contribution in [0.25, 0.3) is 0 Å². The molecule has 2 aliphatic rings. The maximum absolute atomic E-state index is 12.8. The third kappa shape index (κ3) is 4.56. The van der Waals surface area contributed by atoms with Gasteiger partial charge in [-0.05, 0) is 43.0 Å². The lowest BCUT2D eigenvalue weighted by atomic mass is 9.98. The second-order valence-corrected chi connectivity index (χ2v) is 7.97. The van der Waals surface area contributed by atoms with Crippen molar-refractivity contribution in [3.05, 3.63) is 48.7 Å². The molecule has 4 rings (SSSR count). The quantitative estimate of drug-likeness (QED) is 0.823. The van der Waals surface area contributed by atoms with Crippen molar-refractivity contribution in [2.45, 2.75) is 32.2 Å². The van der Waals surface area contributed by atoms with Crippen molar-refractivity contribution in [1.82, 2.24) is 9.88 Å². The van der Waals surface area contributed by atoms with Gasteiger partial charge in [0.15, 0.2) is 12.4 Å². The molecule has 2 amide bonds. The highest BCUT2D eigenvalue weighted by molar-refractivity contribution is 5.92. The third-order valence-electron chi connectivity index (χ3n) is 5.86. The zero-order chi connectivity index (χ0) is 20.9. The molecule has 0 spiro atoms. The summed E-state index contributed by atoms with van der Waals surface area (Å²) in [7, 11) is 0. The first-order chi connectivity index (χ1) is 14.6. The van der Waals surface area contributed by atoms with Crippen LogP contribution in [0.5, 0.6) is 5.75 Å². The van der Waals surface area contributed by atoms with Crippen molar-refractivity contribution in [1.29, 1.82) is 0 Å². The molecule has 0 saturated carbocycles. The first kappa shape index (κ1) is 20.2. The number of fused-ring (bicyclic) bond motifs is 1. The number of likely N-dealkylation sites (tertiary alicyclic amines) is 1. The van der Waals surface area contributed by atoms with Gasteiger partial charge in [-0.3, -0.25) is 9.59 Å². The number of amides is 2. The predicted molar refractivity (Wildman–Crippen MR) is 116 cm³/mol. The first-order valence-corrected chi connectivity index (χ1v) is 10.6. The van der Waals surface area contributed by atoms with Crippen LogP contribution in [0, 0.1) is 5.92 Å². The Morgan fingerprint density at radius 3 is 2.77 bits per heavy atom. The molecule has 3 heterocycles. The average Bonchev–Trinajstić information content (AvgIpc) is 3.07. The minimum absolute atomic E-state index is 0.00924. The van der Waals surface area contributed by atoms with Crippen molar-refractivity contribution in [2.75, 3.05) is 36.5 Å². The highest BCUT2D eigenvalue weighted by Crippen LogP contribution is 2.35. The summed E-state index contributed by atoms with van der Waals surface area (Å²) >= 11 is 0. The summed E-state index contributed by atoms with van der Waals surface area (Å²) in [6.07, 6.45) is 5.05. The Balaban J connectivity index is 1.48. The molecule has 0 bridgehead atoms. The number of nitrogens with one attached hydrogen (secondary N) is 1. The summed E-state index contributed by atoms with van der Waals surface area (Å²) in [5.74, 6) is 1.78. The van der Waals surface area contributed by atoms with E-state index in [1.807, 2.05) is 47.4 Å². The van der Waals surface area contributed by atoms with E-state index in [1.54, 1.807) is 6.20 Å². The summed E-state index contributed by atoms with van der Waals surface area (Å²) in [6.45, 7) is 3.81. The number of para-hydroxylation sites is 1. The van der Waals surface area contributed by atoms with Gasteiger partial charge < -0.3 is 19.9 Å². The Morgan fingerprint density at radius 2 is 1.97 bits per heavy atom. The predicted octanol–water partition coefficient (Wildman–Crippen LogP) is 2.94. The van der Waals surface area contributed by atoms with Gasteiger partial charge in [0.05, 0.1) is 11.7 Å². The number of rotatable bonds is 5. The Morgan fingerprint density at radius 1 is 1.13 bits per heavy atom. The third-order valence-corrected chi connectivity index (χ3v) is 5.86. The molecule has 0 aliphatic carbocycles. The lowest BCUT2D eigenvalue weighted by Crippen LogP contribution is -2.42. The summed E-state index contributed by atoms with van der Waals surface area (Å²) in [4.78, 5) is 33.2.